The molecule has 1 aromatic carbocycles. The summed E-state index contributed by atoms with van der Waals surface area (Å²) >= 11 is 5.24. The molecule has 1 saturated heterocycles. The molecule has 1 aromatic rings. The van der Waals surface area contributed by atoms with Gasteiger partial charge in [-0.2, -0.15) is 0 Å². The number of para-hydroxylation sites is 1. The van der Waals surface area contributed by atoms with Crippen LogP contribution in [0.3, 0.4) is 0 Å². The van der Waals surface area contributed by atoms with Gasteiger partial charge in [-0.15, -0.1) is 0 Å². The third-order valence-corrected chi connectivity index (χ3v) is 3.08. The highest BCUT2D eigenvalue weighted by molar-refractivity contribution is 7.80. The van der Waals surface area contributed by atoms with E-state index < -0.39 is 0 Å². The number of rotatable bonds is 3. The second-order valence-corrected chi connectivity index (χ2v) is 4.69. The zero-order chi connectivity index (χ0) is 11.9. The maximum atomic E-state index is 5.43. The Labute approximate surface area is 108 Å². The van der Waals surface area contributed by atoms with Gasteiger partial charge in [0.1, 0.15) is 0 Å². The standard InChI is InChI=1S/C13H18N2OS/c17-13(15-12-6-2-1-3-7-12)14-9-11-5-4-8-16-10-11/h1-3,6-7,11H,4-5,8-10H2,(H2,14,15,17). The number of thiocarbonyl (C=S) groups is 1. The molecule has 1 aliphatic rings. The Bertz CT molecular complexity index is 350. The Kier molecular flexibility index (Phi) is 4.76. The molecule has 92 valence electrons. The van der Waals surface area contributed by atoms with Gasteiger partial charge >= 0.3 is 0 Å². The molecule has 0 saturated carbocycles. The minimum absolute atomic E-state index is 0.583. The summed E-state index contributed by atoms with van der Waals surface area (Å²) in [6.07, 6.45) is 2.38. The van der Waals surface area contributed by atoms with E-state index in [1.807, 2.05) is 30.3 Å². The molecule has 0 spiro atoms. The molecule has 1 fully saturated rings. The minimum Gasteiger partial charge on any atom is -0.381 e. The van der Waals surface area contributed by atoms with Gasteiger partial charge in [0.15, 0.2) is 5.11 Å². The average molecular weight is 250 g/mol. The number of ether oxygens (including phenoxy) is 1. The fourth-order valence-electron chi connectivity index (χ4n) is 1.90. The Morgan fingerprint density at radius 2 is 2.18 bits per heavy atom. The second kappa shape index (κ2) is 6.57. The number of nitrogens with one attached hydrogen (secondary N) is 2. The molecular weight excluding hydrogens is 232 g/mol. The first-order chi connectivity index (χ1) is 8.34. The molecule has 0 radical (unpaired) electrons. The molecule has 4 heteroatoms. The number of anilines is 1. The maximum absolute atomic E-state index is 5.43. The Morgan fingerprint density at radius 3 is 2.88 bits per heavy atom. The smallest absolute Gasteiger partial charge is 0.170 e. The fourth-order valence-corrected chi connectivity index (χ4v) is 2.10. The predicted molar refractivity (Wildman–Crippen MR) is 74.2 cm³/mol. The quantitative estimate of drug-likeness (QED) is 0.807. The van der Waals surface area contributed by atoms with Gasteiger partial charge in [0.2, 0.25) is 0 Å². The lowest BCUT2D eigenvalue weighted by Crippen LogP contribution is -2.35. The van der Waals surface area contributed by atoms with E-state index in [0.717, 1.165) is 31.9 Å². The zero-order valence-electron chi connectivity index (χ0n) is 9.82. The van der Waals surface area contributed by atoms with E-state index >= 15 is 0 Å². The summed E-state index contributed by atoms with van der Waals surface area (Å²) in [4.78, 5) is 0. The van der Waals surface area contributed by atoms with Crippen molar-refractivity contribution in [3.05, 3.63) is 30.3 Å². The van der Waals surface area contributed by atoms with Crippen molar-refractivity contribution in [2.75, 3.05) is 25.1 Å². The normalized spacial score (nSPS) is 19.6. The molecule has 17 heavy (non-hydrogen) atoms. The summed E-state index contributed by atoms with van der Waals surface area (Å²) in [5, 5.41) is 7.08. The molecule has 2 rings (SSSR count). The highest BCUT2D eigenvalue weighted by Crippen LogP contribution is 2.12. The van der Waals surface area contributed by atoms with Crippen molar-refractivity contribution in [2.45, 2.75) is 12.8 Å². The van der Waals surface area contributed by atoms with Crippen LogP contribution in [0.1, 0.15) is 12.8 Å². The van der Waals surface area contributed by atoms with E-state index in [1.165, 1.54) is 6.42 Å². The molecule has 0 amide bonds. The highest BCUT2D eigenvalue weighted by atomic mass is 32.1. The van der Waals surface area contributed by atoms with E-state index in [9.17, 15) is 0 Å². The molecule has 2 N–H and O–H groups in total. The van der Waals surface area contributed by atoms with Gasteiger partial charge in [0.05, 0.1) is 6.61 Å². The zero-order valence-corrected chi connectivity index (χ0v) is 10.6. The van der Waals surface area contributed by atoms with Gasteiger partial charge in [-0.3, -0.25) is 0 Å². The second-order valence-electron chi connectivity index (χ2n) is 4.28. The van der Waals surface area contributed by atoms with Crippen LogP contribution in [0.15, 0.2) is 30.3 Å². The van der Waals surface area contributed by atoms with Crippen molar-refractivity contribution >= 4 is 23.0 Å². The number of benzene rings is 1. The molecule has 3 nitrogen and oxygen atoms in total. The van der Waals surface area contributed by atoms with Crippen LogP contribution in [0.5, 0.6) is 0 Å². The third-order valence-electron chi connectivity index (χ3n) is 2.84. The molecular formula is C13H18N2OS. The Hall–Kier alpha value is -1.13. The van der Waals surface area contributed by atoms with E-state index in [-0.39, 0.29) is 0 Å². The summed E-state index contributed by atoms with van der Waals surface area (Å²) < 4.78 is 5.43. The first-order valence-corrected chi connectivity index (χ1v) is 6.43. The van der Waals surface area contributed by atoms with E-state index in [4.69, 9.17) is 17.0 Å². The average Bonchev–Trinajstić information content (AvgIpc) is 2.39. The molecule has 0 aromatic heterocycles. The van der Waals surface area contributed by atoms with Crippen molar-refractivity contribution in [3.8, 4) is 0 Å². The van der Waals surface area contributed by atoms with Crippen LogP contribution in [0, 0.1) is 5.92 Å². The van der Waals surface area contributed by atoms with Gasteiger partial charge in [0, 0.05) is 18.8 Å². The van der Waals surface area contributed by atoms with Crippen LogP contribution in [0.4, 0.5) is 5.69 Å². The topological polar surface area (TPSA) is 33.3 Å². The van der Waals surface area contributed by atoms with Gasteiger partial charge in [-0.05, 0) is 43.1 Å². The fraction of sp³-hybridized carbons (Fsp3) is 0.462. The van der Waals surface area contributed by atoms with Crippen LogP contribution in [0.2, 0.25) is 0 Å². The highest BCUT2D eigenvalue weighted by Gasteiger charge is 2.13. The Balaban J connectivity index is 1.70. The monoisotopic (exact) mass is 250 g/mol. The lowest BCUT2D eigenvalue weighted by Gasteiger charge is -2.23. The molecule has 1 heterocycles. The third kappa shape index (κ3) is 4.32. The molecule has 1 atom stereocenters. The predicted octanol–water partition coefficient (Wildman–Crippen LogP) is 2.40. The van der Waals surface area contributed by atoms with Gasteiger partial charge in [0.25, 0.3) is 0 Å². The van der Waals surface area contributed by atoms with Crippen LogP contribution >= 0.6 is 12.2 Å². The van der Waals surface area contributed by atoms with Crippen LogP contribution in [-0.2, 0) is 4.74 Å². The summed E-state index contributed by atoms with van der Waals surface area (Å²) in [7, 11) is 0. The number of hydrogen-bond acceptors (Lipinski definition) is 2. The largest absolute Gasteiger partial charge is 0.381 e. The minimum atomic E-state index is 0.583. The molecule has 0 bridgehead atoms. The van der Waals surface area contributed by atoms with Crippen molar-refractivity contribution in [2.24, 2.45) is 5.92 Å². The molecule has 1 aliphatic heterocycles. The van der Waals surface area contributed by atoms with Crippen LogP contribution in [-0.4, -0.2) is 24.9 Å². The summed E-state index contributed by atoms with van der Waals surface area (Å²) in [5.74, 6) is 0.583. The Morgan fingerprint density at radius 1 is 1.35 bits per heavy atom. The summed E-state index contributed by atoms with van der Waals surface area (Å²) in [6, 6.07) is 9.95. The summed E-state index contributed by atoms with van der Waals surface area (Å²) in [5.41, 5.74) is 1.02. The van der Waals surface area contributed by atoms with Crippen LogP contribution < -0.4 is 10.6 Å². The first-order valence-electron chi connectivity index (χ1n) is 6.02. The number of hydrogen-bond donors (Lipinski definition) is 2. The van der Waals surface area contributed by atoms with E-state index in [0.29, 0.717) is 11.0 Å². The van der Waals surface area contributed by atoms with E-state index in [1.54, 1.807) is 0 Å². The van der Waals surface area contributed by atoms with Crippen molar-refractivity contribution in [3.63, 3.8) is 0 Å². The lowest BCUT2D eigenvalue weighted by atomic mass is 10.0. The van der Waals surface area contributed by atoms with Gasteiger partial charge < -0.3 is 15.4 Å². The van der Waals surface area contributed by atoms with Gasteiger partial charge in [-0.1, -0.05) is 18.2 Å². The molecule has 1 unspecified atom stereocenters. The molecule has 0 aliphatic carbocycles. The van der Waals surface area contributed by atoms with E-state index in [2.05, 4.69) is 10.6 Å². The SMILES string of the molecule is S=C(NCC1CCCOC1)Nc1ccccc1. The maximum Gasteiger partial charge on any atom is 0.170 e. The summed E-state index contributed by atoms with van der Waals surface area (Å²) in [6.45, 7) is 2.64. The van der Waals surface area contributed by atoms with Crippen molar-refractivity contribution < 1.29 is 4.74 Å². The van der Waals surface area contributed by atoms with Crippen LogP contribution in [0.25, 0.3) is 0 Å². The van der Waals surface area contributed by atoms with Crippen molar-refractivity contribution in [1.82, 2.24) is 5.32 Å². The van der Waals surface area contributed by atoms with Gasteiger partial charge in [-0.25, -0.2) is 0 Å². The first kappa shape index (κ1) is 12.3. The van der Waals surface area contributed by atoms with Crippen molar-refractivity contribution in [1.29, 1.82) is 0 Å². The lowest BCUT2D eigenvalue weighted by molar-refractivity contribution is 0.0565.